The molecule has 0 aromatic heterocycles. The highest BCUT2D eigenvalue weighted by Gasteiger charge is 2.31. The van der Waals surface area contributed by atoms with E-state index in [2.05, 4.69) is 16.0 Å². The fraction of sp³-hybridized carbons (Fsp3) is 0.429. The van der Waals surface area contributed by atoms with Crippen LogP contribution in [0.2, 0.25) is 0 Å². The molecule has 4 N–H and O–H groups in total. The number of rotatable bonds is 4. The smallest absolute Gasteiger partial charge is 0.390 e. The van der Waals surface area contributed by atoms with E-state index in [0.717, 1.165) is 18.2 Å². The summed E-state index contributed by atoms with van der Waals surface area (Å²) in [5, 5.41) is 17.2. The first-order valence-electron chi connectivity index (χ1n) is 6.91. The SMILES string of the molecule is O=C(CNC(=O)c1cccc(C(F)(F)F)c1)NC1CNC[C@@H]1O. The third-order valence-corrected chi connectivity index (χ3v) is 3.39. The van der Waals surface area contributed by atoms with Crippen molar-refractivity contribution in [3.05, 3.63) is 35.4 Å². The van der Waals surface area contributed by atoms with Crippen LogP contribution >= 0.6 is 0 Å². The maximum absolute atomic E-state index is 12.6. The minimum atomic E-state index is -4.54. The van der Waals surface area contributed by atoms with Crippen molar-refractivity contribution in [2.45, 2.75) is 18.3 Å². The molecule has 0 saturated carbocycles. The van der Waals surface area contributed by atoms with Gasteiger partial charge in [-0.25, -0.2) is 0 Å². The normalized spacial score (nSPS) is 21.0. The summed E-state index contributed by atoms with van der Waals surface area (Å²) in [6.07, 6.45) is -5.25. The van der Waals surface area contributed by atoms with E-state index in [0.29, 0.717) is 13.1 Å². The summed E-state index contributed by atoms with van der Waals surface area (Å²) in [4.78, 5) is 23.5. The number of carbonyl (C=O) groups is 2. The van der Waals surface area contributed by atoms with Gasteiger partial charge < -0.3 is 21.1 Å². The van der Waals surface area contributed by atoms with Crippen LogP contribution in [0.25, 0.3) is 0 Å². The Morgan fingerprint density at radius 3 is 2.65 bits per heavy atom. The van der Waals surface area contributed by atoms with Crippen LogP contribution in [0.4, 0.5) is 13.2 Å². The van der Waals surface area contributed by atoms with Crippen LogP contribution in [0.15, 0.2) is 24.3 Å². The molecule has 1 heterocycles. The maximum Gasteiger partial charge on any atom is 0.416 e. The average Bonchev–Trinajstić information content (AvgIpc) is 2.89. The van der Waals surface area contributed by atoms with E-state index in [9.17, 15) is 27.9 Å². The molecular weight excluding hydrogens is 315 g/mol. The van der Waals surface area contributed by atoms with Crippen molar-refractivity contribution < 1.29 is 27.9 Å². The van der Waals surface area contributed by atoms with Gasteiger partial charge in [0.15, 0.2) is 0 Å². The molecule has 1 saturated heterocycles. The molecule has 1 fully saturated rings. The Balaban J connectivity index is 1.88. The number of hydrogen-bond donors (Lipinski definition) is 4. The zero-order chi connectivity index (χ0) is 17.0. The third kappa shape index (κ3) is 4.67. The Morgan fingerprint density at radius 2 is 2.04 bits per heavy atom. The lowest BCUT2D eigenvalue weighted by molar-refractivity contribution is -0.137. The fourth-order valence-electron chi connectivity index (χ4n) is 2.17. The molecule has 1 aromatic carbocycles. The van der Waals surface area contributed by atoms with Crippen LogP contribution in [-0.2, 0) is 11.0 Å². The van der Waals surface area contributed by atoms with Crippen LogP contribution in [0.1, 0.15) is 15.9 Å². The Labute approximate surface area is 130 Å². The number of amides is 2. The molecule has 2 atom stereocenters. The van der Waals surface area contributed by atoms with Gasteiger partial charge in [-0.15, -0.1) is 0 Å². The molecule has 0 aliphatic carbocycles. The van der Waals surface area contributed by atoms with Crippen LogP contribution in [0.5, 0.6) is 0 Å². The molecular formula is C14H16F3N3O3. The van der Waals surface area contributed by atoms with Gasteiger partial charge in [-0.1, -0.05) is 6.07 Å². The minimum absolute atomic E-state index is 0.185. The Bertz CT molecular complexity index is 592. The van der Waals surface area contributed by atoms with Crippen molar-refractivity contribution in [1.29, 1.82) is 0 Å². The van der Waals surface area contributed by atoms with Crippen LogP contribution in [0, 0.1) is 0 Å². The quantitative estimate of drug-likeness (QED) is 0.619. The third-order valence-electron chi connectivity index (χ3n) is 3.39. The highest BCUT2D eigenvalue weighted by molar-refractivity contribution is 5.96. The van der Waals surface area contributed by atoms with E-state index in [1.165, 1.54) is 6.07 Å². The molecule has 2 amide bonds. The Hall–Kier alpha value is -2.13. The van der Waals surface area contributed by atoms with E-state index in [1.54, 1.807) is 0 Å². The number of nitrogens with one attached hydrogen (secondary N) is 3. The molecule has 1 aromatic rings. The van der Waals surface area contributed by atoms with Crippen molar-refractivity contribution in [3.63, 3.8) is 0 Å². The first-order valence-corrected chi connectivity index (χ1v) is 6.91. The predicted octanol–water partition coefficient (Wildman–Crippen LogP) is -0.116. The van der Waals surface area contributed by atoms with Crippen molar-refractivity contribution in [3.8, 4) is 0 Å². The van der Waals surface area contributed by atoms with Gasteiger partial charge in [0.05, 0.1) is 24.3 Å². The second kappa shape index (κ2) is 6.97. The van der Waals surface area contributed by atoms with Gasteiger partial charge in [0.1, 0.15) is 0 Å². The first-order chi connectivity index (χ1) is 10.8. The van der Waals surface area contributed by atoms with E-state index < -0.39 is 42.2 Å². The second-order valence-electron chi connectivity index (χ2n) is 5.16. The number of aliphatic hydroxyl groups is 1. The maximum atomic E-state index is 12.6. The zero-order valence-corrected chi connectivity index (χ0v) is 12.0. The fourth-order valence-corrected chi connectivity index (χ4v) is 2.17. The monoisotopic (exact) mass is 331 g/mol. The van der Waals surface area contributed by atoms with Crippen molar-refractivity contribution >= 4 is 11.8 Å². The van der Waals surface area contributed by atoms with Gasteiger partial charge in [0, 0.05) is 18.7 Å². The van der Waals surface area contributed by atoms with E-state index >= 15 is 0 Å². The van der Waals surface area contributed by atoms with Gasteiger partial charge in [-0.2, -0.15) is 13.2 Å². The van der Waals surface area contributed by atoms with Crippen molar-refractivity contribution in [2.75, 3.05) is 19.6 Å². The van der Waals surface area contributed by atoms with Crippen molar-refractivity contribution in [2.24, 2.45) is 0 Å². The van der Waals surface area contributed by atoms with Crippen LogP contribution < -0.4 is 16.0 Å². The van der Waals surface area contributed by atoms with Gasteiger partial charge in [-0.3, -0.25) is 9.59 Å². The number of hydrogen-bond acceptors (Lipinski definition) is 4. The summed E-state index contributed by atoms with van der Waals surface area (Å²) >= 11 is 0. The van der Waals surface area contributed by atoms with Gasteiger partial charge in [0.25, 0.3) is 5.91 Å². The highest BCUT2D eigenvalue weighted by atomic mass is 19.4. The van der Waals surface area contributed by atoms with Crippen molar-refractivity contribution in [1.82, 2.24) is 16.0 Å². The minimum Gasteiger partial charge on any atom is -0.390 e. The summed E-state index contributed by atoms with van der Waals surface area (Å²) in [6, 6.07) is 3.48. The molecule has 23 heavy (non-hydrogen) atoms. The molecule has 9 heteroatoms. The summed E-state index contributed by atoms with van der Waals surface area (Å²) in [5.74, 6) is -1.31. The number of aliphatic hydroxyl groups excluding tert-OH is 1. The number of carbonyl (C=O) groups excluding carboxylic acids is 2. The van der Waals surface area contributed by atoms with E-state index in [4.69, 9.17) is 0 Å². The molecule has 2 rings (SSSR count). The molecule has 1 unspecified atom stereocenters. The zero-order valence-electron chi connectivity index (χ0n) is 12.0. The van der Waals surface area contributed by atoms with Gasteiger partial charge in [0.2, 0.25) is 5.91 Å². The lowest BCUT2D eigenvalue weighted by atomic mass is 10.1. The van der Waals surface area contributed by atoms with E-state index in [-0.39, 0.29) is 5.56 Å². The highest BCUT2D eigenvalue weighted by Crippen LogP contribution is 2.29. The molecule has 0 radical (unpaired) electrons. The van der Waals surface area contributed by atoms with Crippen LogP contribution in [-0.4, -0.2) is 48.7 Å². The van der Waals surface area contributed by atoms with Gasteiger partial charge >= 0.3 is 6.18 Å². The first kappa shape index (κ1) is 17.2. The summed E-state index contributed by atoms with van der Waals surface area (Å²) in [7, 11) is 0. The molecule has 1 aliphatic heterocycles. The molecule has 0 spiro atoms. The lowest BCUT2D eigenvalue weighted by Crippen LogP contribution is -2.46. The number of benzene rings is 1. The molecule has 1 aliphatic rings. The Morgan fingerprint density at radius 1 is 1.30 bits per heavy atom. The molecule has 6 nitrogen and oxygen atoms in total. The lowest BCUT2D eigenvalue weighted by Gasteiger charge is -2.15. The average molecular weight is 331 g/mol. The Kier molecular flexibility index (Phi) is 5.22. The summed E-state index contributed by atoms with van der Waals surface area (Å²) < 4.78 is 37.8. The largest absolute Gasteiger partial charge is 0.416 e. The summed E-state index contributed by atoms with van der Waals surface area (Å²) in [6.45, 7) is 0.383. The number of alkyl halides is 3. The predicted molar refractivity (Wildman–Crippen MR) is 74.6 cm³/mol. The van der Waals surface area contributed by atoms with Crippen LogP contribution in [0.3, 0.4) is 0 Å². The van der Waals surface area contributed by atoms with Gasteiger partial charge in [-0.05, 0) is 18.2 Å². The topological polar surface area (TPSA) is 90.5 Å². The number of β-amino-alcohol motifs (C(OH)–C–C–N with tert-alkyl or cyclic N) is 1. The molecule has 126 valence electrons. The number of halogens is 3. The van der Waals surface area contributed by atoms with E-state index in [1.807, 2.05) is 0 Å². The molecule has 0 bridgehead atoms. The second-order valence-corrected chi connectivity index (χ2v) is 5.16. The standard InChI is InChI=1S/C14H16F3N3O3/c15-14(16,17)9-3-1-2-8(4-9)13(23)19-7-12(22)20-10-5-18-6-11(10)21/h1-4,10-11,18,21H,5-7H2,(H,19,23)(H,20,22)/t10?,11-/m0/s1. The summed E-state index contributed by atoms with van der Waals surface area (Å²) in [5.41, 5.74) is -1.12.